The van der Waals surface area contributed by atoms with Crippen molar-refractivity contribution in [3.8, 4) is 0 Å². The van der Waals surface area contributed by atoms with Crippen molar-refractivity contribution >= 4 is 39.8 Å². The molecule has 16 heavy (non-hydrogen) atoms. The molecular weight excluding hydrogens is 319 g/mol. The summed E-state index contributed by atoms with van der Waals surface area (Å²) in [7, 11) is 0. The molecule has 1 aromatic heterocycles. The molecular formula is C10H9IN4O. The smallest absolute Gasteiger partial charge is 0.266 e. The number of halogens is 1. The Hall–Kier alpha value is -1.57. The SMILES string of the molecule is Nc1cccc(Nc2nc[nH]c(=O)c2I)c1. The Bertz CT molecular complexity index is 567. The van der Waals surface area contributed by atoms with Crippen molar-refractivity contribution in [1.29, 1.82) is 0 Å². The third-order valence-electron chi connectivity index (χ3n) is 1.95. The maximum atomic E-state index is 11.3. The van der Waals surface area contributed by atoms with E-state index in [1.165, 1.54) is 6.33 Å². The van der Waals surface area contributed by atoms with Gasteiger partial charge in [-0.05, 0) is 40.8 Å². The van der Waals surface area contributed by atoms with Crippen LogP contribution in [0.5, 0.6) is 0 Å². The van der Waals surface area contributed by atoms with Crippen molar-refractivity contribution in [2.24, 2.45) is 0 Å². The molecule has 0 spiro atoms. The summed E-state index contributed by atoms with van der Waals surface area (Å²) in [4.78, 5) is 17.9. The van der Waals surface area contributed by atoms with Gasteiger partial charge in [-0.15, -0.1) is 0 Å². The Balaban J connectivity index is 2.34. The number of hydrogen-bond donors (Lipinski definition) is 3. The van der Waals surface area contributed by atoms with E-state index in [-0.39, 0.29) is 5.56 Å². The number of nitrogens with two attached hydrogens (primary N) is 1. The van der Waals surface area contributed by atoms with Crippen LogP contribution in [0.1, 0.15) is 0 Å². The van der Waals surface area contributed by atoms with E-state index in [1.54, 1.807) is 12.1 Å². The van der Waals surface area contributed by atoms with Crippen molar-refractivity contribution in [2.75, 3.05) is 11.1 Å². The van der Waals surface area contributed by atoms with E-state index in [2.05, 4.69) is 15.3 Å². The van der Waals surface area contributed by atoms with Gasteiger partial charge in [-0.2, -0.15) is 0 Å². The van der Waals surface area contributed by atoms with Crippen LogP contribution in [0.4, 0.5) is 17.2 Å². The number of nitrogens with one attached hydrogen (secondary N) is 2. The summed E-state index contributed by atoms with van der Waals surface area (Å²) in [6, 6.07) is 7.26. The normalized spacial score (nSPS) is 10.1. The van der Waals surface area contributed by atoms with Gasteiger partial charge in [-0.1, -0.05) is 6.07 Å². The highest BCUT2D eigenvalue weighted by atomic mass is 127. The van der Waals surface area contributed by atoms with Gasteiger partial charge in [0.25, 0.3) is 5.56 Å². The van der Waals surface area contributed by atoms with Crippen LogP contribution in [-0.2, 0) is 0 Å². The number of anilines is 3. The van der Waals surface area contributed by atoms with Crippen LogP contribution in [0.3, 0.4) is 0 Å². The van der Waals surface area contributed by atoms with Gasteiger partial charge >= 0.3 is 0 Å². The van der Waals surface area contributed by atoms with Gasteiger partial charge in [0.1, 0.15) is 3.57 Å². The number of hydrogen-bond acceptors (Lipinski definition) is 4. The molecule has 5 nitrogen and oxygen atoms in total. The van der Waals surface area contributed by atoms with E-state index >= 15 is 0 Å². The summed E-state index contributed by atoms with van der Waals surface area (Å²) in [5.41, 5.74) is 6.94. The van der Waals surface area contributed by atoms with Crippen LogP contribution in [0.15, 0.2) is 35.4 Å². The Labute approximate surface area is 105 Å². The summed E-state index contributed by atoms with van der Waals surface area (Å²) in [5.74, 6) is 0.523. The molecule has 0 unspecified atom stereocenters. The molecule has 0 radical (unpaired) electrons. The van der Waals surface area contributed by atoms with Crippen molar-refractivity contribution in [3.05, 3.63) is 44.5 Å². The predicted octanol–water partition coefficient (Wildman–Crippen LogP) is 1.70. The van der Waals surface area contributed by atoms with Crippen LogP contribution in [-0.4, -0.2) is 9.97 Å². The predicted molar refractivity (Wildman–Crippen MR) is 71.7 cm³/mol. The number of benzene rings is 1. The lowest BCUT2D eigenvalue weighted by molar-refractivity contribution is 1.10. The largest absolute Gasteiger partial charge is 0.399 e. The maximum Gasteiger partial charge on any atom is 0.266 e. The highest BCUT2D eigenvalue weighted by Crippen LogP contribution is 2.18. The highest BCUT2D eigenvalue weighted by Gasteiger charge is 2.04. The average molecular weight is 328 g/mol. The second-order valence-electron chi connectivity index (χ2n) is 3.14. The first-order valence-electron chi connectivity index (χ1n) is 4.52. The van der Waals surface area contributed by atoms with E-state index in [0.717, 1.165) is 5.69 Å². The summed E-state index contributed by atoms with van der Waals surface area (Å²) in [6.45, 7) is 0. The van der Waals surface area contributed by atoms with Gasteiger partial charge in [0, 0.05) is 11.4 Å². The minimum absolute atomic E-state index is 0.165. The molecule has 6 heteroatoms. The lowest BCUT2D eigenvalue weighted by Crippen LogP contribution is -2.12. The first-order chi connectivity index (χ1) is 7.66. The number of H-pyrrole nitrogens is 1. The molecule has 0 aliphatic carbocycles. The molecule has 82 valence electrons. The number of aromatic amines is 1. The first kappa shape index (κ1) is 10.9. The summed E-state index contributed by atoms with van der Waals surface area (Å²) in [5, 5.41) is 3.04. The molecule has 2 rings (SSSR count). The van der Waals surface area contributed by atoms with Gasteiger partial charge in [0.15, 0.2) is 5.82 Å². The lowest BCUT2D eigenvalue weighted by atomic mass is 10.3. The van der Waals surface area contributed by atoms with Crippen LogP contribution >= 0.6 is 22.6 Å². The monoisotopic (exact) mass is 328 g/mol. The fraction of sp³-hybridized carbons (Fsp3) is 0. The van der Waals surface area contributed by atoms with Crippen molar-refractivity contribution < 1.29 is 0 Å². The molecule has 0 amide bonds. The molecule has 0 saturated heterocycles. The third kappa shape index (κ3) is 2.32. The molecule has 0 bridgehead atoms. The van der Waals surface area contributed by atoms with Crippen LogP contribution < -0.4 is 16.6 Å². The number of rotatable bonds is 2. The van der Waals surface area contributed by atoms with E-state index in [0.29, 0.717) is 15.1 Å². The van der Waals surface area contributed by atoms with E-state index in [4.69, 9.17) is 5.73 Å². The number of nitrogens with zero attached hydrogens (tertiary/aromatic N) is 1. The molecule has 0 aliphatic heterocycles. The summed E-state index contributed by atoms with van der Waals surface area (Å²) >= 11 is 1.94. The van der Waals surface area contributed by atoms with Gasteiger partial charge < -0.3 is 16.0 Å². The van der Waals surface area contributed by atoms with E-state index in [1.807, 2.05) is 34.7 Å². The average Bonchev–Trinajstić information content (AvgIpc) is 2.25. The fourth-order valence-corrected chi connectivity index (χ4v) is 1.65. The zero-order valence-corrected chi connectivity index (χ0v) is 10.4. The molecule has 1 heterocycles. The third-order valence-corrected chi connectivity index (χ3v) is 2.95. The Morgan fingerprint density at radius 1 is 1.44 bits per heavy atom. The Morgan fingerprint density at radius 2 is 2.25 bits per heavy atom. The molecule has 0 atom stereocenters. The first-order valence-corrected chi connectivity index (χ1v) is 5.60. The molecule has 4 N–H and O–H groups in total. The van der Waals surface area contributed by atoms with Crippen molar-refractivity contribution in [3.63, 3.8) is 0 Å². The quantitative estimate of drug-likeness (QED) is 0.579. The van der Waals surface area contributed by atoms with Crippen LogP contribution in [0, 0.1) is 3.57 Å². The fourth-order valence-electron chi connectivity index (χ4n) is 1.22. The van der Waals surface area contributed by atoms with Crippen molar-refractivity contribution in [2.45, 2.75) is 0 Å². The highest BCUT2D eigenvalue weighted by molar-refractivity contribution is 14.1. The van der Waals surface area contributed by atoms with Crippen molar-refractivity contribution in [1.82, 2.24) is 9.97 Å². The topological polar surface area (TPSA) is 83.8 Å². The molecule has 0 aliphatic rings. The minimum atomic E-state index is -0.165. The zero-order chi connectivity index (χ0) is 11.5. The maximum absolute atomic E-state index is 11.3. The van der Waals surface area contributed by atoms with Crippen LogP contribution in [0.2, 0.25) is 0 Å². The number of nitrogen functional groups attached to an aromatic ring is 1. The van der Waals surface area contributed by atoms with E-state index < -0.39 is 0 Å². The Morgan fingerprint density at radius 3 is 3.00 bits per heavy atom. The minimum Gasteiger partial charge on any atom is -0.399 e. The zero-order valence-electron chi connectivity index (χ0n) is 8.20. The Kier molecular flexibility index (Phi) is 3.09. The van der Waals surface area contributed by atoms with Gasteiger partial charge in [-0.3, -0.25) is 4.79 Å². The van der Waals surface area contributed by atoms with Crippen LogP contribution in [0.25, 0.3) is 0 Å². The van der Waals surface area contributed by atoms with Gasteiger partial charge in [0.2, 0.25) is 0 Å². The van der Waals surface area contributed by atoms with Gasteiger partial charge in [0.05, 0.1) is 6.33 Å². The molecule has 2 aromatic rings. The summed E-state index contributed by atoms with van der Waals surface area (Å²) in [6.07, 6.45) is 1.36. The molecule has 0 saturated carbocycles. The molecule has 1 aromatic carbocycles. The van der Waals surface area contributed by atoms with E-state index in [9.17, 15) is 4.79 Å². The standard InChI is InChI=1S/C10H9IN4O/c11-8-9(13-5-14-10(8)16)15-7-3-1-2-6(12)4-7/h1-5H,12H2,(H2,13,14,15,16). The second kappa shape index (κ2) is 4.52. The summed E-state index contributed by atoms with van der Waals surface area (Å²) < 4.78 is 0.516. The molecule has 0 fully saturated rings. The second-order valence-corrected chi connectivity index (χ2v) is 4.22. The number of aromatic nitrogens is 2. The van der Waals surface area contributed by atoms with Gasteiger partial charge in [-0.25, -0.2) is 4.98 Å². The lowest BCUT2D eigenvalue weighted by Gasteiger charge is -2.06.